The van der Waals surface area contributed by atoms with Gasteiger partial charge in [-0.3, -0.25) is 4.57 Å². The van der Waals surface area contributed by atoms with Gasteiger partial charge in [-0.2, -0.15) is 0 Å². The molecule has 4 heteroatoms. The van der Waals surface area contributed by atoms with Crippen molar-refractivity contribution in [3.8, 4) is 11.1 Å². The van der Waals surface area contributed by atoms with Crippen LogP contribution in [-0.2, 0) is 0 Å². The van der Waals surface area contributed by atoms with Crippen molar-refractivity contribution in [2.45, 2.75) is 24.9 Å². The van der Waals surface area contributed by atoms with Gasteiger partial charge in [0.25, 0.3) is 0 Å². The number of rotatable bonds is 2. The van der Waals surface area contributed by atoms with Crippen molar-refractivity contribution in [2.24, 2.45) is 5.92 Å². The van der Waals surface area contributed by atoms with Gasteiger partial charge in [0.1, 0.15) is 0 Å². The van der Waals surface area contributed by atoms with E-state index in [0.717, 1.165) is 30.0 Å². The molecule has 3 unspecified atom stereocenters. The molecule has 4 nitrogen and oxygen atoms in total. The Kier molecular flexibility index (Phi) is 3.04. The lowest BCUT2D eigenvalue weighted by atomic mass is 10.1. The first kappa shape index (κ1) is 12.7. The zero-order chi connectivity index (χ0) is 14.2. The molecule has 0 spiro atoms. The number of nitrogens with zero attached hydrogens (tertiary/aromatic N) is 1. The topological polar surface area (TPSA) is 46.1 Å². The highest BCUT2D eigenvalue weighted by Crippen LogP contribution is 2.31. The Morgan fingerprint density at radius 1 is 1.14 bits per heavy atom. The number of aromatic nitrogens is 1. The van der Waals surface area contributed by atoms with Crippen molar-refractivity contribution in [3.63, 3.8) is 0 Å². The normalized spacial score (nSPS) is 27.0. The average molecular weight is 281 g/mol. The maximum Gasteiger partial charge on any atom is 0.325 e. The first-order valence-corrected chi connectivity index (χ1v) is 7.57. The largest absolute Gasteiger partial charge is 0.333 e. The van der Waals surface area contributed by atoms with Crippen LogP contribution in [0.1, 0.15) is 12.8 Å². The molecule has 1 aliphatic carbocycles. The minimum atomic E-state index is -0.0310. The van der Waals surface area contributed by atoms with Gasteiger partial charge < -0.3 is 10.6 Å². The second-order valence-corrected chi connectivity index (χ2v) is 6.08. The quantitative estimate of drug-likeness (QED) is 0.888. The van der Waals surface area contributed by atoms with Gasteiger partial charge >= 0.3 is 6.03 Å². The lowest BCUT2D eigenvalue weighted by Crippen LogP contribution is -2.48. The summed E-state index contributed by atoms with van der Waals surface area (Å²) in [6.07, 6.45) is 6.03. The molecule has 1 amide bonds. The lowest BCUT2D eigenvalue weighted by Gasteiger charge is -2.23. The number of carbonyl (C=O) groups is 1. The van der Waals surface area contributed by atoms with E-state index in [1.165, 1.54) is 6.42 Å². The standard InChI is InChI=1S/C17H19N3O/c21-17(19-16-9-12-8-15(16)18-10-12)20-7-6-14(11-20)13-4-2-1-3-5-13/h1-7,11-12,15-16,18H,8-10H2,(H,19,21). The number of benzene rings is 1. The number of hydrogen-bond acceptors (Lipinski definition) is 2. The van der Waals surface area contributed by atoms with E-state index in [9.17, 15) is 4.79 Å². The van der Waals surface area contributed by atoms with Crippen LogP contribution < -0.4 is 10.6 Å². The van der Waals surface area contributed by atoms with Crippen molar-refractivity contribution in [2.75, 3.05) is 6.54 Å². The Labute approximate surface area is 124 Å². The van der Waals surface area contributed by atoms with Gasteiger partial charge in [-0.1, -0.05) is 30.3 Å². The second-order valence-electron chi connectivity index (χ2n) is 6.08. The molecule has 3 atom stereocenters. The fourth-order valence-corrected chi connectivity index (χ4v) is 3.57. The van der Waals surface area contributed by atoms with Crippen molar-refractivity contribution in [1.82, 2.24) is 15.2 Å². The van der Waals surface area contributed by atoms with E-state index in [0.29, 0.717) is 6.04 Å². The lowest BCUT2D eigenvalue weighted by molar-refractivity contribution is 0.234. The highest BCUT2D eigenvalue weighted by atomic mass is 16.2. The molecule has 4 rings (SSSR count). The SMILES string of the molecule is O=C(NC1CC2CNC1C2)n1ccc(-c2ccccc2)c1. The van der Waals surface area contributed by atoms with Crippen LogP contribution in [-0.4, -0.2) is 29.2 Å². The molecule has 1 saturated carbocycles. The van der Waals surface area contributed by atoms with Crippen LogP contribution in [0, 0.1) is 5.92 Å². The molecule has 21 heavy (non-hydrogen) atoms. The predicted molar refractivity (Wildman–Crippen MR) is 82.1 cm³/mol. The minimum absolute atomic E-state index is 0.0310. The molecular weight excluding hydrogens is 262 g/mol. The van der Waals surface area contributed by atoms with E-state index in [2.05, 4.69) is 22.8 Å². The van der Waals surface area contributed by atoms with Crippen molar-refractivity contribution >= 4 is 6.03 Å². The fraction of sp³-hybridized carbons (Fsp3) is 0.353. The Morgan fingerprint density at radius 2 is 2.00 bits per heavy atom. The number of carbonyl (C=O) groups excluding carboxylic acids is 1. The Hall–Kier alpha value is -2.07. The summed E-state index contributed by atoms with van der Waals surface area (Å²) in [7, 11) is 0. The molecule has 2 bridgehead atoms. The number of fused-ring (bicyclic) bond motifs is 2. The smallest absolute Gasteiger partial charge is 0.325 e. The molecule has 2 aromatic rings. The van der Waals surface area contributed by atoms with Crippen molar-refractivity contribution in [1.29, 1.82) is 0 Å². The highest BCUT2D eigenvalue weighted by molar-refractivity contribution is 5.79. The zero-order valence-electron chi connectivity index (χ0n) is 11.8. The monoisotopic (exact) mass is 281 g/mol. The van der Waals surface area contributed by atoms with E-state index in [1.807, 2.05) is 36.7 Å². The number of hydrogen-bond donors (Lipinski definition) is 2. The summed E-state index contributed by atoms with van der Waals surface area (Å²) in [5, 5.41) is 6.62. The van der Waals surface area contributed by atoms with Crippen LogP contribution in [0.5, 0.6) is 0 Å². The number of amides is 1. The third kappa shape index (κ3) is 2.36. The van der Waals surface area contributed by atoms with E-state index in [4.69, 9.17) is 0 Å². The fourth-order valence-electron chi connectivity index (χ4n) is 3.57. The van der Waals surface area contributed by atoms with E-state index < -0.39 is 0 Å². The van der Waals surface area contributed by atoms with Crippen LogP contribution in [0.25, 0.3) is 11.1 Å². The maximum atomic E-state index is 12.3. The summed E-state index contributed by atoms with van der Waals surface area (Å²) >= 11 is 0. The molecule has 1 aromatic carbocycles. The molecule has 1 saturated heterocycles. The predicted octanol–water partition coefficient (Wildman–Crippen LogP) is 2.46. The van der Waals surface area contributed by atoms with Gasteiger partial charge in [0, 0.05) is 24.5 Å². The van der Waals surface area contributed by atoms with Gasteiger partial charge in [0.15, 0.2) is 0 Å². The average Bonchev–Trinajstić information content (AvgIpc) is 3.24. The van der Waals surface area contributed by atoms with Crippen LogP contribution in [0.2, 0.25) is 0 Å². The van der Waals surface area contributed by atoms with Crippen molar-refractivity contribution in [3.05, 3.63) is 48.8 Å². The van der Waals surface area contributed by atoms with Crippen LogP contribution in [0.3, 0.4) is 0 Å². The van der Waals surface area contributed by atoms with Gasteiger partial charge in [-0.25, -0.2) is 4.79 Å². The maximum absolute atomic E-state index is 12.3. The minimum Gasteiger partial charge on any atom is -0.333 e. The molecule has 1 aliphatic heterocycles. The van der Waals surface area contributed by atoms with E-state index >= 15 is 0 Å². The van der Waals surface area contributed by atoms with Gasteiger partial charge in [0.05, 0.1) is 0 Å². The first-order chi connectivity index (χ1) is 10.3. The van der Waals surface area contributed by atoms with Crippen LogP contribution in [0.15, 0.2) is 48.8 Å². The molecule has 2 aliphatic rings. The summed E-state index contributed by atoms with van der Waals surface area (Å²) in [5.74, 6) is 0.741. The molecule has 1 aromatic heterocycles. The Bertz CT molecular complexity index is 649. The van der Waals surface area contributed by atoms with Crippen molar-refractivity contribution < 1.29 is 4.79 Å². The second kappa shape index (κ2) is 5.04. The van der Waals surface area contributed by atoms with Crippen LogP contribution >= 0.6 is 0 Å². The summed E-state index contributed by atoms with van der Waals surface area (Å²) in [6, 6.07) is 12.8. The van der Waals surface area contributed by atoms with Gasteiger partial charge in [-0.05, 0) is 42.5 Å². The van der Waals surface area contributed by atoms with Gasteiger partial charge in [0.2, 0.25) is 0 Å². The molecule has 2 N–H and O–H groups in total. The molecule has 2 fully saturated rings. The molecule has 108 valence electrons. The third-order valence-corrected chi connectivity index (χ3v) is 4.67. The molecule has 0 radical (unpaired) electrons. The van der Waals surface area contributed by atoms with Crippen LogP contribution in [0.4, 0.5) is 4.79 Å². The summed E-state index contributed by atoms with van der Waals surface area (Å²) in [5.41, 5.74) is 2.20. The summed E-state index contributed by atoms with van der Waals surface area (Å²) in [4.78, 5) is 12.3. The van der Waals surface area contributed by atoms with Gasteiger partial charge in [-0.15, -0.1) is 0 Å². The zero-order valence-corrected chi connectivity index (χ0v) is 11.8. The molecule has 2 heterocycles. The summed E-state index contributed by atoms with van der Waals surface area (Å²) < 4.78 is 1.65. The first-order valence-electron chi connectivity index (χ1n) is 7.57. The van der Waals surface area contributed by atoms with E-state index in [-0.39, 0.29) is 12.1 Å². The van der Waals surface area contributed by atoms with E-state index in [1.54, 1.807) is 4.57 Å². The Balaban J connectivity index is 1.47. The third-order valence-electron chi connectivity index (χ3n) is 4.67. The number of piperidine rings is 1. The number of nitrogens with one attached hydrogen (secondary N) is 2. The summed E-state index contributed by atoms with van der Waals surface area (Å²) in [6.45, 7) is 1.11. The molecular formula is C17H19N3O. The highest BCUT2D eigenvalue weighted by Gasteiger charge is 2.40. The Morgan fingerprint density at radius 3 is 2.71 bits per heavy atom.